The summed E-state index contributed by atoms with van der Waals surface area (Å²) in [5.74, 6) is 0.793. The summed E-state index contributed by atoms with van der Waals surface area (Å²) < 4.78 is 34.8. The van der Waals surface area contributed by atoms with E-state index in [0.717, 1.165) is 5.56 Å². The van der Waals surface area contributed by atoms with Gasteiger partial charge in [0, 0.05) is 6.20 Å². The summed E-state index contributed by atoms with van der Waals surface area (Å²) in [5, 5.41) is 7.89. The smallest absolute Gasteiger partial charge is 0.247 e. The first-order chi connectivity index (χ1) is 12.0. The van der Waals surface area contributed by atoms with Crippen molar-refractivity contribution in [3.63, 3.8) is 0 Å². The average Bonchev–Trinajstić information content (AvgIpc) is 2.98. The molecule has 1 aromatic carbocycles. The lowest BCUT2D eigenvalue weighted by molar-refractivity contribution is 0.335. The lowest BCUT2D eigenvalue weighted by Gasteiger charge is -2.12. The van der Waals surface area contributed by atoms with Crippen LogP contribution >= 0.6 is 0 Å². The monoisotopic (exact) mass is 359 g/mol. The van der Waals surface area contributed by atoms with Gasteiger partial charge >= 0.3 is 0 Å². The summed E-state index contributed by atoms with van der Waals surface area (Å²) in [5.41, 5.74) is 0.254. The SMILES string of the molecule is Cc1noc(C2(NS(=O)(=O)c3cnn(Cc4ccccc4)c3)CC2)n1. The van der Waals surface area contributed by atoms with E-state index in [1.54, 1.807) is 11.6 Å². The molecule has 1 N–H and O–H groups in total. The molecule has 0 bridgehead atoms. The third-order valence-electron chi connectivity index (χ3n) is 4.12. The van der Waals surface area contributed by atoms with Crippen molar-refractivity contribution >= 4 is 10.0 Å². The predicted octanol–water partition coefficient (Wildman–Crippen LogP) is 1.59. The highest BCUT2D eigenvalue weighted by Crippen LogP contribution is 2.45. The molecule has 2 aromatic heterocycles. The number of aromatic nitrogens is 4. The quantitative estimate of drug-likeness (QED) is 0.717. The Labute approximate surface area is 144 Å². The van der Waals surface area contributed by atoms with E-state index in [1.807, 2.05) is 30.3 Å². The molecule has 8 nitrogen and oxygen atoms in total. The first kappa shape index (κ1) is 16.0. The molecule has 0 aliphatic heterocycles. The van der Waals surface area contributed by atoms with Crippen LogP contribution in [0.3, 0.4) is 0 Å². The molecule has 0 radical (unpaired) electrons. The molecule has 0 unspecified atom stereocenters. The summed E-state index contributed by atoms with van der Waals surface area (Å²) in [7, 11) is -3.73. The third-order valence-corrected chi connectivity index (χ3v) is 5.61. The lowest BCUT2D eigenvalue weighted by atomic mass is 10.2. The van der Waals surface area contributed by atoms with Gasteiger partial charge in [-0.25, -0.2) is 8.42 Å². The Kier molecular flexibility index (Phi) is 3.69. The van der Waals surface area contributed by atoms with Crippen molar-refractivity contribution in [2.75, 3.05) is 0 Å². The summed E-state index contributed by atoms with van der Waals surface area (Å²) in [6, 6.07) is 9.72. The molecule has 9 heteroatoms. The number of hydrogen-bond acceptors (Lipinski definition) is 6. The highest BCUT2D eigenvalue weighted by Gasteiger charge is 2.52. The largest absolute Gasteiger partial charge is 0.337 e. The van der Waals surface area contributed by atoms with Crippen LogP contribution in [0, 0.1) is 6.92 Å². The first-order valence-electron chi connectivity index (χ1n) is 7.88. The highest BCUT2D eigenvalue weighted by molar-refractivity contribution is 7.89. The van der Waals surface area contributed by atoms with Gasteiger partial charge in [-0.15, -0.1) is 0 Å². The Morgan fingerprint density at radius 3 is 2.68 bits per heavy atom. The average molecular weight is 359 g/mol. The van der Waals surface area contributed by atoms with Gasteiger partial charge in [-0.1, -0.05) is 35.5 Å². The molecule has 1 fully saturated rings. The van der Waals surface area contributed by atoms with Crippen molar-refractivity contribution in [1.82, 2.24) is 24.6 Å². The zero-order valence-corrected chi connectivity index (χ0v) is 14.4. The normalized spacial score (nSPS) is 16.0. The Morgan fingerprint density at radius 1 is 1.28 bits per heavy atom. The van der Waals surface area contributed by atoms with E-state index < -0.39 is 15.6 Å². The van der Waals surface area contributed by atoms with Crippen LogP contribution in [0.2, 0.25) is 0 Å². The minimum atomic E-state index is -3.73. The zero-order chi connectivity index (χ0) is 17.5. The van der Waals surface area contributed by atoms with Gasteiger partial charge in [0.2, 0.25) is 15.9 Å². The molecule has 1 aliphatic carbocycles. The van der Waals surface area contributed by atoms with Crippen LogP contribution in [-0.4, -0.2) is 28.3 Å². The van der Waals surface area contributed by atoms with Crippen molar-refractivity contribution in [2.45, 2.75) is 36.7 Å². The van der Waals surface area contributed by atoms with E-state index in [4.69, 9.17) is 4.52 Å². The molecular formula is C16H17N5O3S. The predicted molar refractivity (Wildman–Crippen MR) is 88.0 cm³/mol. The standard InChI is InChI=1S/C16H17N5O3S/c1-12-18-15(24-19-12)16(7-8-16)20-25(22,23)14-9-17-21(11-14)10-13-5-3-2-4-6-13/h2-6,9,11,20H,7-8,10H2,1H3. The number of benzene rings is 1. The molecule has 1 saturated carbocycles. The van der Waals surface area contributed by atoms with Gasteiger partial charge in [-0.3, -0.25) is 4.68 Å². The Bertz CT molecular complexity index is 990. The van der Waals surface area contributed by atoms with Gasteiger partial charge in [0.1, 0.15) is 10.4 Å². The fourth-order valence-corrected chi connectivity index (χ4v) is 4.00. The zero-order valence-electron chi connectivity index (χ0n) is 13.6. The Hall–Kier alpha value is -2.52. The summed E-state index contributed by atoms with van der Waals surface area (Å²) in [4.78, 5) is 4.27. The number of rotatable bonds is 6. The second kappa shape index (κ2) is 5.78. The third kappa shape index (κ3) is 3.20. The molecule has 3 aromatic rings. The van der Waals surface area contributed by atoms with Gasteiger partial charge < -0.3 is 4.52 Å². The molecule has 2 heterocycles. The number of aryl methyl sites for hydroxylation is 1. The van der Waals surface area contributed by atoms with E-state index >= 15 is 0 Å². The number of hydrogen-bond donors (Lipinski definition) is 1. The minimum absolute atomic E-state index is 0.117. The maximum Gasteiger partial charge on any atom is 0.247 e. The van der Waals surface area contributed by atoms with E-state index in [9.17, 15) is 8.42 Å². The van der Waals surface area contributed by atoms with Crippen molar-refractivity contribution in [3.8, 4) is 0 Å². The van der Waals surface area contributed by atoms with Crippen LogP contribution in [0.1, 0.15) is 30.1 Å². The van der Waals surface area contributed by atoms with Crippen molar-refractivity contribution < 1.29 is 12.9 Å². The van der Waals surface area contributed by atoms with Gasteiger partial charge in [0.15, 0.2) is 5.82 Å². The molecule has 0 atom stereocenters. The number of sulfonamides is 1. The fraction of sp³-hybridized carbons (Fsp3) is 0.312. The summed E-state index contributed by atoms with van der Waals surface area (Å²) >= 11 is 0. The van der Waals surface area contributed by atoms with Crippen LogP contribution in [0.25, 0.3) is 0 Å². The molecule has 4 rings (SSSR count). The second-order valence-electron chi connectivity index (χ2n) is 6.19. The van der Waals surface area contributed by atoms with E-state index in [-0.39, 0.29) is 4.90 Å². The summed E-state index contributed by atoms with van der Waals surface area (Å²) in [6.45, 7) is 2.20. The fourth-order valence-electron chi connectivity index (χ4n) is 2.63. The molecule has 0 amide bonds. The molecule has 0 spiro atoms. The van der Waals surface area contributed by atoms with Gasteiger partial charge in [-0.05, 0) is 25.3 Å². The van der Waals surface area contributed by atoms with E-state index in [0.29, 0.717) is 31.1 Å². The van der Waals surface area contributed by atoms with Crippen LogP contribution < -0.4 is 4.72 Å². The molecule has 25 heavy (non-hydrogen) atoms. The molecule has 0 saturated heterocycles. The van der Waals surface area contributed by atoms with Crippen LogP contribution in [-0.2, 0) is 22.1 Å². The highest BCUT2D eigenvalue weighted by atomic mass is 32.2. The van der Waals surface area contributed by atoms with E-state index in [1.165, 1.54) is 12.4 Å². The van der Waals surface area contributed by atoms with Crippen LogP contribution in [0.4, 0.5) is 0 Å². The van der Waals surface area contributed by atoms with E-state index in [2.05, 4.69) is 20.0 Å². The minimum Gasteiger partial charge on any atom is -0.337 e. The van der Waals surface area contributed by atoms with Gasteiger partial charge in [0.25, 0.3) is 0 Å². The van der Waals surface area contributed by atoms with Gasteiger partial charge in [0.05, 0.1) is 12.7 Å². The van der Waals surface area contributed by atoms with Crippen molar-refractivity contribution in [3.05, 3.63) is 60.0 Å². The lowest BCUT2D eigenvalue weighted by Crippen LogP contribution is -2.35. The van der Waals surface area contributed by atoms with Crippen LogP contribution in [0.5, 0.6) is 0 Å². The van der Waals surface area contributed by atoms with Crippen molar-refractivity contribution in [2.24, 2.45) is 0 Å². The van der Waals surface area contributed by atoms with Gasteiger partial charge in [-0.2, -0.15) is 14.8 Å². The molecular weight excluding hydrogens is 342 g/mol. The number of nitrogens with zero attached hydrogens (tertiary/aromatic N) is 4. The summed E-state index contributed by atoms with van der Waals surface area (Å²) in [6.07, 6.45) is 4.13. The second-order valence-corrected chi connectivity index (χ2v) is 7.88. The molecule has 130 valence electrons. The Balaban J connectivity index is 1.53. The van der Waals surface area contributed by atoms with Crippen molar-refractivity contribution in [1.29, 1.82) is 0 Å². The Morgan fingerprint density at radius 2 is 2.04 bits per heavy atom. The number of nitrogens with one attached hydrogen (secondary N) is 1. The maximum absolute atomic E-state index is 12.7. The first-order valence-corrected chi connectivity index (χ1v) is 9.36. The topological polar surface area (TPSA) is 103 Å². The van der Waals surface area contributed by atoms with Crippen LogP contribution in [0.15, 0.2) is 52.1 Å². The maximum atomic E-state index is 12.7. The molecule has 1 aliphatic rings.